The van der Waals surface area contributed by atoms with E-state index in [-0.39, 0.29) is 27.8 Å². The molecule has 2 aromatic heterocycles. The Balaban J connectivity index is 1.50. The number of aryl methyl sites for hydroxylation is 1. The minimum absolute atomic E-state index is 0.0760. The second kappa shape index (κ2) is 10.3. The molecule has 4 aromatic rings. The summed E-state index contributed by atoms with van der Waals surface area (Å²) in [6.07, 6.45) is 2.64. The molecule has 1 aliphatic rings. The van der Waals surface area contributed by atoms with E-state index >= 15 is 0 Å². The number of nitro benzene ring substituents is 1. The number of nitro groups is 1. The zero-order valence-corrected chi connectivity index (χ0v) is 22.7. The Morgan fingerprint density at radius 3 is 2.86 bits per heavy atom. The predicted octanol–water partition coefficient (Wildman–Crippen LogP) is 6.11. The van der Waals surface area contributed by atoms with Crippen LogP contribution < -0.4 is 10.9 Å². The van der Waals surface area contributed by atoms with Gasteiger partial charge in [-0.1, -0.05) is 30.8 Å². The highest BCUT2D eigenvalue weighted by atomic mass is 79.9. The standard InChI is InChI=1S/C25H20BrFN4O4S2/c1-13-6-8-15-20(10-13)37-23-22(15)24(33)30(19-5-3-2-4-17(19)27)25(29-23)36-12-21(32)28-18-9-7-14(31(34)35)11-16(18)26/h2-5,7,9,11,13H,6,8,10,12H2,1H3,(H,28,32). The summed E-state index contributed by atoms with van der Waals surface area (Å²) in [5, 5.41) is 14.4. The number of aromatic nitrogens is 2. The van der Waals surface area contributed by atoms with Gasteiger partial charge in [0.15, 0.2) is 5.16 Å². The number of amides is 1. The number of anilines is 1. The van der Waals surface area contributed by atoms with E-state index in [0.29, 0.717) is 26.3 Å². The van der Waals surface area contributed by atoms with Gasteiger partial charge in [0, 0.05) is 21.5 Å². The van der Waals surface area contributed by atoms with Crippen molar-refractivity contribution >= 4 is 66.5 Å². The molecular formula is C25H20BrFN4O4S2. The van der Waals surface area contributed by atoms with Crippen LogP contribution in [0.1, 0.15) is 23.8 Å². The lowest BCUT2D eigenvalue weighted by Crippen LogP contribution is -2.24. The highest BCUT2D eigenvalue weighted by molar-refractivity contribution is 9.10. The number of para-hydroxylation sites is 1. The van der Waals surface area contributed by atoms with Crippen molar-refractivity contribution in [3.63, 3.8) is 0 Å². The van der Waals surface area contributed by atoms with E-state index in [1.54, 1.807) is 12.1 Å². The van der Waals surface area contributed by atoms with Crippen molar-refractivity contribution in [1.29, 1.82) is 0 Å². The molecule has 8 nitrogen and oxygen atoms in total. The quantitative estimate of drug-likeness (QED) is 0.123. The molecule has 1 atom stereocenters. The number of thiophene rings is 1. The molecule has 0 saturated heterocycles. The molecular weight excluding hydrogens is 583 g/mol. The molecule has 1 unspecified atom stereocenters. The maximum absolute atomic E-state index is 14.8. The first-order chi connectivity index (χ1) is 17.7. The highest BCUT2D eigenvalue weighted by Gasteiger charge is 2.26. The smallest absolute Gasteiger partial charge is 0.270 e. The number of fused-ring (bicyclic) bond motifs is 3. The van der Waals surface area contributed by atoms with Crippen LogP contribution in [-0.2, 0) is 17.6 Å². The number of rotatable bonds is 6. The molecule has 0 spiro atoms. The fourth-order valence-corrected chi connectivity index (χ4v) is 7.04. The molecule has 0 aliphatic heterocycles. The summed E-state index contributed by atoms with van der Waals surface area (Å²) in [6, 6.07) is 10.0. The number of halogens is 2. The summed E-state index contributed by atoms with van der Waals surface area (Å²) >= 11 is 5.75. The van der Waals surface area contributed by atoms with Gasteiger partial charge >= 0.3 is 0 Å². The maximum atomic E-state index is 14.8. The van der Waals surface area contributed by atoms with Crippen LogP contribution in [0, 0.1) is 21.8 Å². The molecule has 12 heteroatoms. The third-order valence-electron chi connectivity index (χ3n) is 6.16. The van der Waals surface area contributed by atoms with Crippen LogP contribution in [0.2, 0.25) is 0 Å². The molecule has 1 aliphatic carbocycles. The van der Waals surface area contributed by atoms with E-state index in [1.165, 1.54) is 46.2 Å². The van der Waals surface area contributed by atoms with Crippen LogP contribution >= 0.6 is 39.0 Å². The number of carbonyl (C=O) groups is 1. The molecule has 37 heavy (non-hydrogen) atoms. The van der Waals surface area contributed by atoms with Crippen LogP contribution in [0.15, 0.2) is 56.9 Å². The minimum atomic E-state index is -0.565. The molecule has 5 rings (SSSR count). The fraction of sp³-hybridized carbons (Fsp3) is 0.240. The Hall–Kier alpha value is -3.09. The molecule has 0 radical (unpaired) electrons. The normalized spacial score (nSPS) is 14.9. The Kier molecular flexibility index (Phi) is 7.15. The number of hydrogen-bond acceptors (Lipinski definition) is 7. The van der Waals surface area contributed by atoms with Gasteiger partial charge in [-0.05, 0) is 64.9 Å². The van der Waals surface area contributed by atoms with E-state index in [0.717, 1.165) is 41.5 Å². The molecule has 2 aromatic carbocycles. The summed E-state index contributed by atoms with van der Waals surface area (Å²) in [7, 11) is 0. The number of hydrogen-bond donors (Lipinski definition) is 1. The number of thioether (sulfide) groups is 1. The van der Waals surface area contributed by atoms with Crippen LogP contribution in [0.4, 0.5) is 15.8 Å². The second-order valence-electron chi connectivity index (χ2n) is 8.78. The van der Waals surface area contributed by atoms with Crippen molar-refractivity contribution < 1.29 is 14.1 Å². The second-order valence-corrected chi connectivity index (χ2v) is 11.7. The van der Waals surface area contributed by atoms with Crippen molar-refractivity contribution in [2.75, 3.05) is 11.1 Å². The number of benzene rings is 2. The Morgan fingerprint density at radius 1 is 1.35 bits per heavy atom. The van der Waals surface area contributed by atoms with Crippen molar-refractivity contribution in [1.82, 2.24) is 9.55 Å². The fourth-order valence-electron chi connectivity index (χ4n) is 4.35. The van der Waals surface area contributed by atoms with Gasteiger partial charge < -0.3 is 5.32 Å². The maximum Gasteiger partial charge on any atom is 0.270 e. The lowest BCUT2D eigenvalue weighted by molar-refractivity contribution is -0.384. The number of nitrogens with one attached hydrogen (secondary N) is 1. The van der Waals surface area contributed by atoms with Gasteiger partial charge in [-0.3, -0.25) is 24.3 Å². The van der Waals surface area contributed by atoms with E-state index in [2.05, 4.69) is 28.2 Å². The number of non-ortho nitro benzene ring substituents is 1. The zero-order chi connectivity index (χ0) is 26.3. The minimum Gasteiger partial charge on any atom is -0.324 e. The van der Waals surface area contributed by atoms with Gasteiger partial charge in [0.2, 0.25) is 5.91 Å². The van der Waals surface area contributed by atoms with Gasteiger partial charge in [-0.15, -0.1) is 11.3 Å². The molecule has 0 bridgehead atoms. The summed E-state index contributed by atoms with van der Waals surface area (Å²) in [5.41, 5.74) is 0.984. The van der Waals surface area contributed by atoms with E-state index in [9.17, 15) is 24.1 Å². The molecule has 1 amide bonds. The predicted molar refractivity (Wildman–Crippen MR) is 147 cm³/mol. The van der Waals surface area contributed by atoms with Crippen molar-refractivity contribution in [3.05, 3.63) is 83.7 Å². The Morgan fingerprint density at radius 2 is 2.14 bits per heavy atom. The van der Waals surface area contributed by atoms with Gasteiger partial charge in [-0.25, -0.2) is 9.37 Å². The Labute approximate surface area is 227 Å². The summed E-state index contributed by atoms with van der Waals surface area (Å²) in [5.74, 6) is -0.568. The van der Waals surface area contributed by atoms with Gasteiger partial charge in [-0.2, -0.15) is 0 Å². The lowest BCUT2D eigenvalue weighted by atomic mass is 9.89. The third-order valence-corrected chi connectivity index (χ3v) is 8.90. The van der Waals surface area contributed by atoms with Crippen LogP contribution in [-0.4, -0.2) is 26.1 Å². The molecule has 190 valence electrons. The highest BCUT2D eigenvalue weighted by Crippen LogP contribution is 2.37. The SMILES string of the molecule is CC1CCc2c(sc3nc(SCC(=O)Nc4ccc([N+](=O)[O-])cc4Br)n(-c4ccccc4F)c(=O)c23)C1. The zero-order valence-electron chi connectivity index (χ0n) is 19.5. The van der Waals surface area contributed by atoms with Crippen molar-refractivity contribution in [2.45, 2.75) is 31.3 Å². The van der Waals surface area contributed by atoms with E-state index in [1.807, 2.05) is 0 Å². The van der Waals surface area contributed by atoms with Gasteiger partial charge in [0.25, 0.3) is 11.2 Å². The number of carbonyl (C=O) groups excluding carboxylic acids is 1. The van der Waals surface area contributed by atoms with Gasteiger partial charge in [0.1, 0.15) is 10.6 Å². The first-order valence-electron chi connectivity index (χ1n) is 11.4. The van der Waals surface area contributed by atoms with Crippen LogP contribution in [0.5, 0.6) is 0 Å². The summed E-state index contributed by atoms with van der Waals surface area (Å²) < 4.78 is 16.5. The van der Waals surface area contributed by atoms with Crippen molar-refractivity contribution in [2.24, 2.45) is 5.92 Å². The van der Waals surface area contributed by atoms with Crippen molar-refractivity contribution in [3.8, 4) is 5.69 Å². The lowest BCUT2D eigenvalue weighted by Gasteiger charge is -2.18. The van der Waals surface area contributed by atoms with Gasteiger partial charge in [0.05, 0.1) is 27.4 Å². The average molecular weight is 603 g/mol. The average Bonchev–Trinajstić information content (AvgIpc) is 3.22. The topological polar surface area (TPSA) is 107 Å². The van der Waals surface area contributed by atoms with Crippen LogP contribution in [0.25, 0.3) is 15.9 Å². The largest absolute Gasteiger partial charge is 0.324 e. The Bertz CT molecular complexity index is 1620. The van der Waals surface area contributed by atoms with Crippen LogP contribution in [0.3, 0.4) is 0 Å². The number of nitrogens with zero attached hydrogens (tertiary/aromatic N) is 3. The summed E-state index contributed by atoms with van der Waals surface area (Å²) in [4.78, 5) is 43.4. The van der Waals surface area contributed by atoms with E-state index < -0.39 is 16.6 Å². The monoisotopic (exact) mass is 602 g/mol. The molecule has 1 N–H and O–H groups in total. The molecule has 2 heterocycles. The first kappa shape index (κ1) is 25.6. The molecule has 0 saturated carbocycles. The summed E-state index contributed by atoms with van der Waals surface area (Å²) in [6.45, 7) is 2.18. The van der Waals surface area contributed by atoms with E-state index in [4.69, 9.17) is 4.98 Å². The first-order valence-corrected chi connectivity index (χ1v) is 14.0. The molecule has 0 fully saturated rings. The third kappa shape index (κ3) is 5.05.